The van der Waals surface area contributed by atoms with E-state index in [1.54, 1.807) is 19.0 Å². The highest BCUT2D eigenvalue weighted by molar-refractivity contribution is 6.32. The molecular formula is C20H32Cl2N14O2. The summed E-state index contributed by atoms with van der Waals surface area (Å²) in [7, 11) is 3.43. The Morgan fingerprint density at radius 2 is 1.11 bits per heavy atom. The highest BCUT2D eigenvalue weighted by Gasteiger charge is 2.20. The second-order valence-electron chi connectivity index (χ2n) is 7.71. The predicted octanol–water partition coefficient (Wildman–Crippen LogP) is -0.0560. The lowest BCUT2D eigenvalue weighted by atomic mass is 10.3. The number of carbonyl (C=O) groups excluding carboxylic acids is 2. The molecule has 12 N–H and O–H groups in total. The van der Waals surface area contributed by atoms with Crippen LogP contribution in [0, 0.1) is 0 Å². The fourth-order valence-electron chi connectivity index (χ4n) is 2.84. The van der Waals surface area contributed by atoms with Gasteiger partial charge >= 0.3 is 11.8 Å². The quantitative estimate of drug-likeness (QED) is 0.179. The third-order valence-corrected chi connectivity index (χ3v) is 4.81. The smallest absolute Gasteiger partial charge is 0.302 e. The van der Waals surface area contributed by atoms with Crippen LogP contribution in [0.1, 0.15) is 47.7 Å². The molecule has 0 saturated carbocycles. The van der Waals surface area contributed by atoms with Crippen LogP contribution in [0.4, 0.5) is 23.3 Å². The van der Waals surface area contributed by atoms with Crippen molar-refractivity contribution < 1.29 is 9.59 Å². The minimum absolute atomic E-state index is 0.0401. The second kappa shape index (κ2) is 14.5. The van der Waals surface area contributed by atoms with Crippen molar-refractivity contribution in [2.24, 2.45) is 32.9 Å². The van der Waals surface area contributed by atoms with Crippen LogP contribution in [0.5, 0.6) is 0 Å². The average molecular weight is 571 g/mol. The Labute approximate surface area is 229 Å². The number of anilines is 4. The van der Waals surface area contributed by atoms with E-state index in [0.717, 1.165) is 25.9 Å². The van der Waals surface area contributed by atoms with Gasteiger partial charge in [0, 0.05) is 27.2 Å². The summed E-state index contributed by atoms with van der Waals surface area (Å²) in [6.45, 7) is 5.62. The van der Waals surface area contributed by atoms with Crippen LogP contribution >= 0.6 is 23.2 Å². The zero-order chi connectivity index (χ0) is 29.2. The van der Waals surface area contributed by atoms with E-state index < -0.39 is 11.8 Å². The lowest BCUT2D eigenvalue weighted by Gasteiger charge is -2.23. The minimum Gasteiger partial charge on any atom is -0.382 e. The number of hydrogen-bond acceptors (Lipinski definition) is 10. The summed E-state index contributed by atoms with van der Waals surface area (Å²) in [6.07, 6.45) is 1.85. The van der Waals surface area contributed by atoms with E-state index >= 15 is 0 Å². The summed E-state index contributed by atoms with van der Waals surface area (Å²) in [5.74, 6) is -1.66. The third-order valence-electron chi connectivity index (χ3n) is 4.30. The number of aliphatic imine (C=N–C) groups is 2. The maximum atomic E-state index is 11.8. The molecule has 0 aromatic carbocycles. The first kappa shape index (κ1) is 31.8. The molecule has 2 aromatic heterocycles. The number of carbonyl (C=O) groups is 2. The molecule has 208 valence electrons. The molecule has 0 spiro atoms. The standard InChI is InChI=1S/C12H20ClN7O.C8H12ClN7O/c1-3-5-20(6-4-2)10-8(13)17-7(9(14)18-10)11(21)19-12(15)16;1-16(2)6-4(9)13-3(5(10)14-6)7(17)15-8(11)12/h3-6H2,1-2H3,(H2,14,18)(H4,15,16,19,21);1-2H3,(H2,10,14)(H4,11,12,15,17). The fraction of sp³-hybridized carbons (Fsp3) is 0.400. The number of nitrogens with zero attached hydrogens (tertiary/aromatic N) is 8. The largest absolute Gasteiger partial charge is 0.382 e. The first-order chi connectivity index (χ1) is 17.7. The van der Waals surface area contributed by atoms with Crippen molar-refractivity contribution in [1.82, 2.24) is 19.9 Å². The van der Waals surface area contributed by atoms with Crippen LogP contribution in [-0.2, 0) is 0 Å². The molecule has 0 bridgehead atoms. The third kappa shape index (κ3) is 9.04. The van der Waals surface area contributed by atoms with Gasteiger partial charge in [-0.15, -0.1) is 0 Å². The van der Waals surface area contributed by atoms with Crippen LogP contribution in [0.3, 0.4) is 0 Å². The van der Waals surface area contributed by atoms with Crippen molar-refractivity contribution >= 4 is 70.2 Å². The van der Waals surface area contributed by atoms with Crippen molar-refractivity contribution in [2.75, 3.05) is 48.5 Å². The topological polar surface area (TPSA) is 273 Å². The first-order valence-corrected chi connectivity index (χ1v) is 11.8. The first-order valence-electron chi connectivity index (χ1n) is 11.1. The molecule has 0 atom stereocenters. The van der Waals surface area contributed by atoms with Crippen LogP contribution in [0.25, 0.3) is 0 Å². The molecule has 2 aromatic rings. The van der Waals surface area contributed by atoms with Crippen molar-refractivity contribution in [3.8, 4) is 0 Å². The number of nitrogens with two attached hydrogens (primary N) is 6. The van der Waals surface area contributed by atoms with Gasteiger partial charge in [0.05, 0.1) is 0 Å². The van der Waals surface area contributed by atoms with Crippen molar-refractivity contribution in [3.05, 3.63) is 21.7 Å². The van der Waals surface area contributed by atoms with Crippen molar-refractivity contribution in [2.45, 2.75) is 26.7 Å². The van der Waals surface area contributed by atoms with Crippen LogP contribution in [0.2, 0.25) is 10.3 Å². The molecule has 0 aliphatic heterocycles. The summed E-state index contributed by atoms with van der Waals surface area (Å²) in [5.41, 5.74) is 31.4. The molecule has 38 heavy (non-hydrogen) atoms. The highest BCUT2D eigenvalue weighted by Crippen LogP contribution is 2.25. The average Bonchev–Trinajstić information content (AvgIpc) is 2.80. The van der Waals surface area contributed by atoms with E-state index in [1.807, 2.05) is 18.7 Å². The molecule has 0 fully saturated rings. The Balaban J connectivity index is 0.000000389. The molecule has 0 aliphatic carbocycles. The molecule has 2 heterocycles. The maximum Gasteiger partial charge on any atom is 0.302 e. The molecule has 0 radical (unpaired) electrons. The van der Waals surface area contributed by atoms with Crippen LogP contribution < -0.4 is 44.2 Å². The van der Waals surface area contributed by atoms with Crippen molar-refractivity contribution in [3.63, 3.8) is 0 Å². The van der Waals surface area contributed by atoms with E-state index in [0.29, 0.717) is 11.6 Å². The summed E-state index contributed by atoms with van der Waals surface area (Å²) in [4.78, 5) is 49.4. The van der Waals surface area contributed by atoms with Gasteiger partial charge in [-0.25, -0.2) is 19.9 Å². The lowest BCUT2D eigenvalue weighted by molar-refractivity contribution is 0.0990. The van der Waals surface area contributed by atoms with Crippen LogP contribution in [0.15, 0.2) is 9.98 Å². The van der Waals surface area contributed by atoms with Crippen molar-refractivity contribution in [1.29, 1.82) is 0 Å². The van der Waals surface area contributed by atoms with Gasteiger partial charge < -0.3 is 44.2 Å². The van der Waals surface area contributed by atoms with Gasteiger partial charge in [-0.05, 0) is 12.8 Å². The van der Waals surface area contributed by atoms with Gasteiger partial charge in [0.2, 0.25) is 0 Å². The Hall–Kier alpha value is -4.18. The number of halogens is 2. The number of rotatable bonds is 8. The normalized spacial score (nSPS) is 10.1. The van der Waals surface area contributed by atoms with E-state index in [1.165, 1.54) is 0 Å². The number of nitrogen functional groups attached to an aromatic ring is 2. The Morgan fingerprint density at radius 1 is 0.737 bits per heavy atom. The summed E-state index contributed by atoms with van der Waals surface area (Å²) in [5, 5.41) is 0.138. The van der Waals surface area contributed by atoms with Gasteiger partial charge in [-0.1, -0.05) is 37.0 Å². The molecule has 2 rings (SSSR count). The lowest BCUT2D eigenvalue weighted by Crippen LogP contribution is -2.28. The van der Waals surface area contributed by atoms with Gasteiger partial charge in [0.1, 0.15) is 0 Å². The molecule has 0 aliphatic rings. The number of hydrogen-bond donors (Lipinski definition) is 6. The monoisotopic (exact) mass is 570 g/mol. The Bertz CT molecular complexity index is 1200. The number of aromatic nitrogens is 4. The zero-order valence-corrected chi connectivity index (χ0v) is 23.0. The van der Waals surface area contributed by atoms with E-state index in [4.69, 9.17) is 57.6 Å². The van der Waals surface area contributed by atoms with Gasteiger partial charge in [-0.2, -0.15) is 9.98 Å². The Morgan fingerprint density at radius 3 is 1.45 bits per heavy atom. The Kier molecular flexibility index (Phi) is 12.2. The van der Waals surface area contributed by atoms with Crippen LogP contribution in [-0.4, -0.2) is 70.9 Å². The van der Waals surface area contributed by atoms with E-state index in [-0.39, 0.29) is 45.2 Å². The van der Waals surface area contributed by atoms with E-state index in [2.05, 4.69) is 29.9 Å². The summed E-state index contributed by atoms with van der Waals surface area (Å²) >= 11 is 12.0. The molecule has 16 nitrogen and oxygen atoms in total. The summed E-state index contributed by atoms with van der Waals surface area (Å²) < 4.78 is 0. The minimum atomic E-state index is -0.790. The molecule has 18 heteroatoms. The highest BCUT2D eigenvalue weighted by atomic mass is 35.5. The summed E-state index contributed by atoms with van der Waals surface area (Å²) in [6, 6.07) is 0. The number of amides is 2. The predicted molar refractivity (Wildman–Crippen MR) is 150 cm³/mol. The second-order valence-corrected chi connectivity index (χ2v) is 8.42. The maximum absolute atomic E-state index is 11.8. The number of guanidine groups is 2. The molecule has 0 unspecified atom stereocenters. The zero-order valence-electron chi connectivity index (χ0n) is 21.4. The SMILES string of the molecule is CCCN(CCC)c1nc(N)c(C(=O)N=C(N)N)nc1Cl.CN(C)c1nc(N)c(C(=O)N=C(N)N)nc1Cl. The fourth-order valence-corrected chi connectivity index (χ4v) is 3.38. The molecule has 2 amide bonds. The van der Waals surface area contributed by atoms with E-state index in [9.17, 15) is 9.59 Å². The molecule has 0 saturated heterocycles. The van der Waals surface area contributed by atoms with Gasteiger partial charge in [0.25, 0.3) is 0 Å². The van der Waals surface area contributed by atoms with Gasteiger partial charge in [-0.3, -0.25) is 9.59 Å². The molecular weight excluding hydrogens is 539 g/mol. The van der Waals surface area contributed by atoms with Gasteiger partial charge in [0.15, 0.2) is 56.9 Å².